The molecule has 0 atom stereocenters. The van der Waals surface area contributed by atoms with E-state index in [1.807, 2.05) is 31.3 Å². The minimum atomic E-state index is -0.145. The highest BCUT2D eigenvalue weighted by molar-refractivity contribution is 5.84. The van der Waals surface area contributed by atoms with E-state index in [0.717, 1.165) is 55.6 Å². The number of rotatable bonds is 5. The Hall–Kier alpha value is -2.90. The fraction of sp³-hybridized carbons (Fsp3) is 0.500. The second kappa shape index (κ2) is 8.00. The normalized spacial score (nSPS) is 21.2. The van der Waals surface area contributed by atoms with Crippen molar-refractivity contribution in [1.29, 1.82) is 0 Å². The standard InChI is InChI=1S/C20H26N6O2/c1-25(18-12-21-16-6-2-3-7-17(16)24-18)15-10-14(11-15)23-19(27)13-22-20(28)26-8-4-5-9-26/h2-3,6-7,12,14-15H,4-5,8-11,13H2,1H3,(H,22,28)(H,23,27). The van der Waals surface area contributed by atoms with Crippen molar-refractivity contribution in [3.05, 3.63) is 30.5 Å². The largest absolute Gasteiger partial charge is 0.355 e. The van der Waals surface area contributed by atoms with Crippen LogP contribution in [0.15, 0.2) is 30.5 Å². The minimum Gasteiger partial charge on any atom is -0.355 e. The van der Waals surface area contributed by atoms with Crippen molar-refractivity contribution in [2.45, 2.75) is 37.8 Å². The zero-order valence-corrected chi connectivity index (χ0v) is 16.1. The first kappa shape index (κ1) is 18.5. The first-order valence-electron chi connectivity index (χ1n) is 9.87. The van der Waals surface area contributed by atoms with Gasteiger partial charge in [-0.1, -0.05) is 12.1 Å². The van der Waals surface area contributed by atoms with Gasteiger partial charge in [0.15, 0.2) is 0 Å². The molecular weight excluding hydrogens is 356 g/mol. The molecule has 1 aromatic carbocycles. The molecule has 4 rings (SSSR count). The molecule has 0 spiro atoms. The van der Waals surface area contributed by atoms with E-state index < -0.39 is 0 Å². The lowest BCUT2D eigenvalue weighted by Crippen LogP contribution is -2.55. The van der Waals surface area contributed by atoms with E-state index in [1.54, 1.807) is 11.1 Å². The zero-order chi connectivity index (χ0) is 19.5. The highest BCUT2D eigenvalue weighted by atomic mass is 16.2. The van der Waals surface area contributed by atoms with Crippen LogP contribution in [0, 0.1) is 0 Å². The van der Waals surface area contributed by atoms with Crippen molar-refractivity contribution < 1.29 is 9.59 Å². The number of fused-ring (bicyclic) bond motifs is 1. The number of carbonyl (C=O) groups excluding carboxylic acids is 2. The van der Waals surface area contributed by atoms with Gasteiger partial charge in [0.05, 0.1) is 23.8 Å². The summed E-state index contributed by atoms with van der Waals surface area (Å²) >= 11 is 0. The summed E-state index contributed by atoms with van der Waals surface area (Å²) in [6.07, 6.45) is 5.59. The molecular formula is C20H26N6O2. The summed E-state index contributed by atoms with van der Waals surface area (Å²) in [6.45, 7) is 1.59. The number of nitrogens with one attached hydrogen (secondary N) is 2. The number of anilines is 1. The first-order valence-corrected chi connectivity index (χ1v) is 9.87. The van der Waals surface area contributed by atoms with Gasteiger partial charge in [0.25, 0.3) is 0 Å². The third-order valence-electron chi connectivity index (χ3n) is 5.62. The van der Waals surface area contributed by atoms with Crippen LogP contribution in [-0.4, -0.2) is 65.6 Å². The number of urea groups is 1. The molecule has 2 aliphatic rings. The number of nitrogens with zero attached hydrogens (tertiary/aromatic N) is 4. The van der Waals surface area contributed by atoms with E-state index in [0.29, 0.717) is 6.04 Å². The fourth-order valence-electron chi connectivity index (χ4n) is 3.79. The van der Waals surface area contributed by atoms with Crippen LogP contribution in [0.3, 0.4) is 0 Å². The van der Waals surface area contributed by atoms with E-state index >= 15 is 0 Å². The van der Waals surface area contributed by atoms with E-state index in [9.17, 15) is 9.59 Å². The van der Waals surface area contributed by atoms with Gasteiger partial charge in [0.1, 0.15) is 5.82 Å². The van der Waals surface area contributed by atoms with Crippen LogP contribution >= 0.6 is 0 Å². The third kappa shape index (κ3) is 4.00. The Bertz CT molecular complexity index is 861. The maximum atomic E-state index is 12.1. The van der Waals surface area contributed by atoms with Crippen LogP contribution in [0.25, 0.3) is 11.0 Å². The summed E-state index contributed by atoms with van der Waals surface area (Å²) in [5.74, 6) is 0.704. The lowest BCUT2D eigenvalue weighted by molar-refractivity contribution is -0.121. The molecule has 1 saturated heterocycles. The van der Waals surface area contributed by atoms with Crippen LogP contribution in [-0.2, 0) is 4.79 Å². The molecule has 2 N–H and O–H groups in total. The van der Waals surface area contributed by atoms with Gasteiger partial charge in [-0.15, -0.1) is 0 Å². The average Bonchev–Trinajstić information content (AvgIpc) is 3.22. The molecule has 0 unspecified atom stereocenters. The van der Waals surface area contributed by atoms with Crippen molar-refractivity contribution in [3.8, 4) is 0 Å². The molecule has 1 aliphatic carbocycles. The van der Waals surface area contributed by atoms with E-state index in [1.165, 1.54) is 0 Å². The maximum Gasteiger partial charge on any atom is 0.317 e. The number of aromatic nitrogens is 2. The third-order valence-corrected chi connectivity index (χ3v) is 5.62. The lowest BCUT2D eigenvalue weighted by atomic mass is 9.85. The SMILES string of the molecule is CN(c1cnc2ccccc2n1)C1CC(NC(=O)CNC(=O)N2CCCC2)C1. The van der Waals surface area contributed by atoms with E-state index in [2.05, 4.69) is 25.5 Å². The zero-order valence-electron chi connectivity index (χ0n) is 16.1. The van der Waals surface area contributed by atoms with Gasteiger partial charge in [0, 0.05) is 32.2 Å². The highest BCUT2D eigenvalue weighted by Gasteiger charge is 2.34. The van der Waals surface area contributed by atoms with E-state index in [4.69, 9.17) is 0 Å². The van der Waals surface area contributed by atoms with Crippen molar-refractivity contribution in [3.63, 3.8) is 0 Å². The van der Waals surface area contributed by atoms with Crippen molar-refractivity contribution >= 4 is 28.8 Å². The average molecular weight is 382 g/mol. The van der Waals surface area contributed by atoms with Gasteiger partial charge in [-0.05, 0) is 37.8 Å². The molecule has 1 aromatic heterocycles. The fourth-order valence-corrected chi connectivity index (χ4v) is 3.79. The Morgan fingerprint density at radius 1 is 1.18 bits per heavy atom. The number of likely N-dealkylation sites (tertiary alicyclic amines) is 1. The predicted molar refractivity (Wildman–Crippen MR) is 107 cm³/mol. The number of benzene rings is 1. The van der Waals surface area contributed by atoms with Crippen LogP contribution in [0.4, 0.5) is 10.6 Å². The number of hydrogen-bond acceptors (Lipinski definition) is 5. The molecule has 3 amide bonds. The van der Waals surface area contributed by atoms with Gasteiger partial charge in [-0.3, -0.25) is 9.78 Å². The molecule has 2 fully saturated rings. The Balaban J connectivity index is 1.22. The predicted octanol–water partition coefficient (Wildman–Crippen LogP) is 1.52. The summed E-state index contributed by atoms with van der Waals surface area (Å²) in [5.41, 5.74) is 1.76. The summed E-state index contributed by atoms with van der Waals surface area (Å²) in [6, 6.07) is 8.13. The Morgan fingerprint density at radius 3 is 2.64 bits per heavy atom. The molecule has 148 valence electrons. The van der Waals surface area contributed by atoms with Crippen LogP contribution in [0.5, 0.6) is 0 Å². The molecule has 2 heterocycles. The van der Waals surface area contributed by atoms with Gasteiger partial charge >= 0.3 is 6.03 Å². The topological polar surface area (TPSA) is 90.5 Å². The Morgan fingerprint density at radius 2 is 1.89 bits per heavy atom. The molecule has 8 nitrogen and oxygen atoms in total. The summed E-state index contributed by atoms with van der Waals surface area (Å²) in [7, 11) is 2.01. The van der Waals surface area contributed by atoms with Gasteiger partial charge < -0.3 is 20.4 Å². The van der Waals surface area contributed by atoms with Crippen LogP contribution < -0.4 is 15.5 Å². The molecule has 1 aliphatic heterocycles. The molecule has 0 radical (unpaired) electrons. The molecule has 28 heavy (non-hydrogen) atoms. The Labute approximate surface area is 164 Å². The quantitative estimate of drug-likeness (QED) is 0.818. The number of amides is 3. The number of carbonyl (C=O) groups is 2. The monoisotopic (exact) mass is 382 g/mol. The lowest BCUT2D eigenvalue weighted by Gasteiger charge is -2.41. The molecule has 2 aromatic rings. The van der Waals surface area contributed by atoms with Crippen molar-refractivity contribution in [2.75, 3.05) is 31.6 Å². The van der Waals surface area contributed by atoms with Crippen molar-refractivity contribution in [2.24, 2.45) is 0 Å². The minimum absolute atomic E-state index is 0.0302. The van der Waals surface area contributed by atoms with Gasteiger partial charge in [-0.25, -0.2) is 9.78 Å². The van der Waals surface area contributed by atoms with Gasteiger partial charge in [0.2, 0.25) is 5.91 Å². The van der Waals surface area contributed by atoms with E-state index in [-0.39, 0.29) is 24.5 Å². The first-order chi connectivity index (χ1) is 13.6. The molecule has 8 heteroatoms. The second-order valence-corrected chi connectivity index (χ2v) is 7.57. The summed E-state index contributed by atoms with van der Waals surface area (Å²) < 4.78 is 0. The smallest absolute Gasteiger partial charge is 0.317 e. The van der Waals surface area contributed by atoms with Crippen LogP contribution in [0.1, 0.15) is 25.7 Å². The van der Waals surface area contributed by atoms with Crippen molar-refractivity contribution in [1.82, 2.24) is 25.5 Å². The highest BCUT2D eigenvalue weighted by Crippen LogP contribution is 2.28. The number of para-hydroxylation sites is 2. The summed E-state index contributed by atoms with van der Waals surface area (Å²) in [5, 5.41) is 5.69. The second-order valence-electron chi connectivity index (χ2n) is 7.57. The molecule has 0 bridgehead atoms. The molecule has 1 saturated carbocycles. The Kier molecular flexibility index (Phi) is 5.27. The summed E-state index contributed by atoms with van der Waals surface area (Å²) in [4.78, 5) is 37.0. The van der Waals surface area contributed by atoms with Crippen LogP contribution in [0.2, 0.25) is 0 Å². The number of hydrogen-bond donors (Lipinski definition) is 2. The maximum absolute atomic E-state index is 12.1. The van der Waals surface area contributed by atoms with Gasteiger partial charge in [-0.2, -0.15) is 0 Å².